The van der Waals surface area contributed by atoms with Gasteiger partial charge in [0.1, 0.15) is 5.82 Å². The molecular weight excluding hydrogens is 506 g/mol. The zero-order chi connectivity index (χ0) is 27.2. The third kappa shape index (κ3) is 6.57. The molecule has 2 amide bonds. The van der Waals surface area contributed by atoms with Crippen molar-refractivity contribution >= 4 is 34.2 Å². The summed E-state index contributed by atoms with van der Waals surface area (Å²) in [6.07, 6.45) is 3.72. The molecule has 7 nitrogen and oxygen atoms in total. The predicted octanol–water partition coefficient (Wildman–Crippen LogP) is 5.17. The maximum Gasteiger partial charge on any atom is 0.251 e. The van der Waals surface area contributed by atoms with Crippen LogP contribution in [0.1, 0.15) is 65.8 Å². The Morgan fingerprint density at radius 2 is 1.90 bits per heavy atom. The fraction of sp³-hybridized carbons (Fsp3) is 0.387. The number of hydrogen-bond donors (Lipinski definition) is 2. The number of rotatable bonds is 11. The van der Waals surface area contributed by atoms with Gasteiger partial charge in [-0.1, -0.05) is 50.2 Å². The number of carbonyl (C=O) groups excluding carboxylic acids is 2. The second-order valence-electron chi connectivity index (χ2n) is 10.3. The third-order valence-corrected chi connectivity index (χ3v) is 8.42. The molecule has 0 aliphatic carbocycles. The summed E-state index contributed by atoms with van der Waals surface area (Å²) in [5.41, 5.74) is 3.65. The Morgan fingerprint density at radius 3 is 2.64 bits per heavy atom. The third-order valence-electron chi connectivity index (χ3n) is 7.54. The number of fused-ring (bicyclic) bond motifs is 1. The van der Waals surface area contributed by atoms with Crippen LogP contribution < -0.4 is 10.6 Å². The summed E-state index contributed by atoms with van der Waals surface area (Å²) in [5, 5.41) is 7.96. The summed E-state index contributed by atoms with van der Waals surface area (Å²) in [6.45, 7) is 7.01. The van der Waals surface area contributed by atoms with Crippen LogP contribution in [0.3, 0.4) is 0 Å². The Hall–Kier alpha value is -3.49. The van der Waals surface area contributed by atoms with E-state index in [2.05, 4.69) is 63.6 Å². The summed E-state index contributed by atoms with van der Waals surface area (Å²) in [7, 11) is 0. The van der Waals surface area contributed by atoms with Gasteiger partial charge in [0.05, 0.1) is 17.6 Å². The minimum absolute atomic E-state index is 0.0438. The van der Waals surface area contributed by atoms with E-state index in [0.717, 1.165) is 62.2 Å². The lowest BCUT2D eigenvalue weighted by Crippen LogP contribution is -2.43. The fourth-order valence-electron chi connectivity index (χ4n) is 5.52. The van der Waals surface area contributed by atoms with Crippen LogP contribution in [0.5, 0.6) is 0 Å². The van der Waals surface area contributed by atoms with Gasteiger partial charge < -0.3 is 15.2 Å². The van der Waals surface area contributed by atoms with E-state index in [0.29, 0.717) is 11.6 Å². The zero-order valence-corrected chi connectivity index (χ0v) is 23.5. The van der Waals surface area contributed by atoms with Crippen molar-refractivity contribution in [3.8, 4) is 0 Å². The zero-order valence-electron chi connectivity index (χ0n) is 22.7. The number of imidazole rings is 1. The molecule has 5 rings (SSSR count). The molecular formula is C31H37N5O2S. The number of amides is 2. The molecule has 0 saturated carbocycles. The quantitative estimate of drug-likeness (QED) is 0.274. The SMILES string of the molecule is CCC(CC)n1c(Cc2cccs2)nc2cc(C(=O)NCC(=O)NC3CCN(Cc4ccccc4)C3)ccc21. The molecule has 1 atom stereocenters. The number of benzene rings is 2. The van der Waals surface area contributed by atoms with E-state index in [9.17, 15) is 9.59 Å². The Labute approximate surface area is 234 Å². The van der Waals surface area contributed by atoms with Crippen molar-refractivity contribution < 1.29 is 9.59 Å². The summed E-state index contributed by atoms with van der Waals surface area (Å²) < 4.78 is 2.34. The number of hydrogen-bond acceptors (Lipinski definition) is 5. The van der Waals surface area contributed by atoms with Crippen LogP contribution >= 0.6 is 11.3 Å². The molecule has 39 heavy (non-hydrogen) atoms. The van der Waals surface area contributed by atoms with Gasteiger partial charge in [-0.2, -0.15) is 0 Å². The first-order valence-electron chi connectivity index (χ1n) is 13.9. The van der Waals surface area contributed by atoms with E-state index in [1.165, 1.54) is 10.4 Å². The lowest BCUT2D eigenvalue weighted by molar-refractivity contribution is -0.120. The normalized spacial score (nSPS) is 15.7. The molecule has 2 aromatic heterocycles. The first-order valence-corrected chi connectivity index (χ1v) is 14.8. The average molecular weight is 544 g/mol. The highest BCUT2D eigenvalue weighted by atomic mass is 32.1. The number of aromatic nitrogens is 2. The van der Waals surface area contributed by atoms with Crippen LogP contribution in [-0.4, -0.2) is 51.9 Å². The fourth-order valence-corrected chi connectivity index (χ4v) is 6.22. The number of nitrogens with zero attached hydrogens (tertiary/aromatic N) is 3. The molecule has 8 heteroatoms. The van der Waals surface area contributed by atoms with Crippen molar-refractivity contribution in [3.05, 3.63) is 87.9 Å². The molecule has 2 aromatic carbocycles. The topological polar surface area (TPSA) is 79.3 Å². The highest BCUT2D eigenvalue weighted by Gasteiger charge is 2.24. The molecule has 1 saturated heterocycles. The van der Waals surface area contributed by atoms with Crippen molar-refractivity contribution in [1.82, 2.24) is 25.1 Å². The van der Waals surface area contributed by atoms with Crippen LogP contribution in [0.4, 0.5) is 0 Å². The molecule has 3 heterocycles. The first kappa shape index (κ1) is 27.1. The monoisotopic (exact) mass is 543 g/mol. The largest absolute Gasteiger partial charge is 0.350 e. The van der Waals surface area contributed by atoms with Gasteiger partial charge in [0.2, 0.25) is 5.91 Å². The van der Waals surface area contributed by atoms with Crippen molar-refractivity contribution in [2.45, 2.75) is 58.2 Å². The van der Waals surface area contributed by atoms with Crippen LogP contribution in [0.25, 0.3) is 11.0 Å². The van der Waals surface area contributed by atoms with E-state index in [1.807, 2.05) is 36.4 Å². The van der Waals surface area contributed by atoms with Crippen LogP contribution in [-0.2, 0) is 17.8 Å². The van der Waals surface area contributed by atoms with Crippen LogP contribution in [0, 0.1) is 0 Å². The maximum absolute atomic E-state index is 12.9. The summed E-state index contributed by atoms with van der Waals surface area (Å²) in [5.74, 6) is 0.601. The summed E-state index contributed by atoms with van der Waals surface area (Å²) in [4.78, 5) is 34.1. The number of nitrogens with one attached hydrogen (secondary N) is 2. The average Bonchev–Trinajstić information content (AvgIpc) is 3.70. The standard InChI is InChI=1S/C31H37N5O2S/c1-3-25(4-2)36-28-13-12-23(17-27(28)34-29(36)18-26-11-8-16-39-26)31(38)32-19-30(37)33-24-14-15-35(21-24)20-22-9-6-5-7-10-22/h5-13,16-17,24-25H,3-4,14-15,18-21H2,1-2H3,(H,32,38)(H,33,37). The first-order chi connectivity index (χ1) is 19.0. The van der Waals surface area contributed by atoms with Gasteiger partial charge >= 0.3 is 0 Å². The van der Waals surface area contributed by atoms with E-state index in [1.54, 1.807) is 11.3 Å². The lowest BCUT2D eigenvalue weighted by atomic mass is 10.1. The molecule has 1 fully saturated rings. The van der Waals surface area contributed by atoms with Gasteiger partial charge in [-0.05, 0) is 54.5 Å². The highest BCUT2D eigenvalue weighted by molar-refractivity contribution is 7.09. The van der Waals surface area contributed by atoms with E-state index >= 15 is 0 Å². The predicted molar refractivity (Wildman–Crippen MR) is 157 cm³/mol. The molecule has 1 aliphatic rings. The maximum atomic E-state index is 12.9. The van der Waals surface area contributed by atoms with Gasteiger partial charge in [0, 0.05) is 48.6 Å². The molecule has 204 valence electrons. The molecule has 1 aliphatic heterocycles. The molecule has 2 N–H and O–H groups in total. The second kappa shape index (κ2) is 12.6. The minimum Gasteiger partial charge on any atom is -0.350 e. The van der Waals surface area contributed by atoms with Gasteiger partial charge in [0.15, 0.2) is 0 Å². The van der Waals surface area contributed by atoms with Gasteiger partial charge in [-0.3, -0.25) is 14.5 Å². The van der Waals surface area contributed by atoms with Crippen LogP contribution in [0.15, 0.2) is 66.0 Å². The van der Waals surface area contributed by atoms with Gasteiger partial charge in [-0.15, -0.1) is 11.3 Å². The summed E-state index contributed by atoms with van der Waals surface area (Å²) >= 11 is 1.73. The second-order valence-corrected chi connectivity index (χ2v) is 11.3. The Morgan fingerprint density at radius 1 is 1.08 bits per heavy atom. The smallest absolute Gasteiger partial charge is 0.251 e. The van der Waals surface area contributed by atoms with Crippen molar-refractivity contribution in [2.24, 2.45) is 0 Å². The van der Waals surface area contributed by atoms with Crippen molar-refractivity contribution in [1.29, 1.82) is 0 Å². The molecule has 4 aromatic rings. The summed E-state index contributed by atoms with van der Waals surface area (Å²) in [6, 6.07) is 20.7. The van der Waals surface area contributed by atoms with Gasteiger partial charge in [0.25, 0.3) is 5.91 Å². The Kier molecular flexibility index (Phi) is 8.74. The van der Waals surface area contributed by atoms with Gasteiger partial charge in [-0.25, -0.2) is 4.98 Å². The highest BCUT2D eigenvalue weighted by Crippen LogP contribution is 2.28. The van der Waals surface area contributed by atoms with E-state index < -0.39 is 0 Å². The van der Waals surface area contributed by atoms with Crippen molar-refractivity contribution in [3.63, 3.8) is 0 Å². The number of carbonyl (C=O) groups is 2. The molecule has 0 radical (unpaired) electrons. The van der Waals surface area contributed by atoms with E-state index in [4.69, 9.17) is 4.98 Å². The van der Waals surface area contributed by atoms with Crippen LogP contribution in [0.2, 0.25) is 0 Å². The number of thiophene rings is 1. The molecule has 0 spiro atoms. The number of likely N-dealkylation sites (tertiary alicyclic amines) is 1. The Bertz CT molecular complexity index is 1400. The van der Waals surface area contributed by atoms with Crippen molar-refractivity contribution in [2.75, 3.05) is 19.6 Å². The minimum atomic E-state index is -0.263. The Balaban J connectivity index is 1.19. The van der Waals surface area contributed by atoms with E-state index in [-0.39, 0.29) is 24.4 Å². The lowest BCUT2D eigenvalue weighted by Gasteiger charge is -2.19. The molecule has 1 unspecified atom stereocenters. The molecule has 0 bridgehead atoms.